The van der Waals surface area contributed by atoms with Crippen molar-refractivity contribution in [2.45, 2.75) is 19.9 Å². The molecule has 1 aromatic carbocycles. The van der Waals surface area contributed by atoms with Crippen molar-refractivity contribution in [2.75, 3.05) is 20.2 Å². The second-order valence-electron chi connectivity index (χ2n) is 3.74. The van der Waals surface area contributed by atoms with Gasteiger partial charge >= 0.3 is 5.97 Å². The van der Waals surface area contributed by atoms with Crippen LogP contribution < -0.4 is 4.74 Å². The van der Waals surface area contributed by atoms with Crippen LogP contribution in [0.2, 0.25) is 0 Å². The van der Waals surface area contributed by atoms with Crippen molar-refractivity contribution >= 4 is 5.97 Å². The lowest BCUT2D eigenvalue weighted by atomic mass is 10.1. The van der Waals surface area contributed by atoms with Crippen LogP contribution >= 0.6 is 0 Å². The maximum Gasteiger partial charge on any atom is 0.325 e. The van der Waals surface area contributed by atoms with E-state index in [1.54, 1.807) is 31.4 Å². The van der Waals surface area contributed by atoms with Gasteiger partial charge in [0, 0.05) is 0 Å². The van der Waals surface area contributed by atoms with Gasteiger partial charge in [0.05, 0.1) is 7.11 Å². The van der Waals surface area contributed by atoms with E-state index in [9.17, 15) is 9.90 Å². The van der Waals surface area contributed by atoms with E-state index in [1.165, 1.54) is 0 Å². The molecule has 17 heavy (non-hydrogen) atoms. The summed E-state index contributed by atoms with van der Waals surface area (Å²) in [4.78, 5) is 13.2. The third-order valence-corrected chi connectivity index (χ3v) is 2.84. The van der Waals surface area contributed by atoms with E-state index >= 15 is 0 Å². The molecule has 0 fully saturated rings. The quantitative estimate of drug-likeness (QED) is 0.823. The minimum absolute atomic E-state index is 0.587. The Labute approximate surface area is 102 Å². The third kappa shape index (κ3) is 3.20. The molecule has 0 saturated carbocycles. The Morgan fingerprint density at radius 1 is 1.29 bits per heavy atom. The molecule has 1 aromatic rings. The van der Waals surface area contributed by atoms with Gasteiger partial charge in [-0.15, -0.1) is 0 Å². The van der Waals surface area contributed by atoms with E-state index in [0.717, 1.165) is 11.3 Å². The number of aliphatic carboxylic acids is 1. The first-order chi connectivity index (χ1) is 8.13. The Morgan fingerprint density at radius 3 is 2.18 bits per heavy atom. The summed E-state index contributed by atoms with van der Waals surface area (Å²) < 4.78 is 5.06. The van der Waals surface area contributed by atoms with Crippen LogP contribution in [0.3, 0.4) is 0 Å². The number of likely N-dealkylation sites (N-methyl/N-ethyl adjacent to an activating group) is 1. The molecule has 1 unspecified atom stereocenters. The zero-order valence-corrected chi connectivity index (χ0v) is 10.5. The minimum atomic E-state index is -0.820. The molecule has 0 radical (unpaired) electrons. The monoisotopic (exact) mass is 237 g/mol. The first-order valence-corrected chi connectivity index (χ1v) is 5.74. The Morgan fingerprint density at radius 2 is 1.82 bits per heavy atom. The average molecular weight is 237 g/mol. The number of hydrogen-bond donors (Lipinski definition) is 1. The predicted octanol–water partition coefficient (Wildman–Crippen LogP) is 2.16. The molecule has 4 heteroatoms. The lowest BCUT2D eigenvalue weighted by molar-refractivity contribution is -0.143. The van der Waals surface area contributed by atoms with Crippen LogP contribution in [0.1, 0.15) is 25.5 Å². The zero-order chi connectivity index (χ0) is 12.8. The molecule has 1 atom stereocenters. The van der Waals surface area contributed by atoms with Crippen molar-refractivity contribution in [3.63, 3.8) is 0 Å². The van der Waals surface area contributed by atoms with Crippen LogP contribution in [0.25, 0.3) is 0 Å². The molecule has 1 rings (SSSR count). The maximum absolute atomic E-state index is 11.3. The molecule has 0 saturated heterocycles. The number of methoxy groups -OCH3 is 1. The summed E-state index contributed by atoms with van der Waals surface area (Å²) in [5.41, 5.74) is 0.780. The Hall–Kier alpha value is -1.55. The van der Waals surface area contributed by atoms with Crippen molar-refractivity contribution in [3.05, 3.63) is 29.8 Å². The first-order valence-electron chi connectivity index (χ1n) is 5.74. The van der Waals surface area contributed by atoms with Gasteiger partial charge in [0.1, 0.15) is 11.8 Å². The normalized spacial score (nSPS) is 12.5. The Kier molecular flexibility index (Phi) is 4.97. The van der Waals surface area contributed by atoms with Crippen molar-refractivity contribution < 1.29 is 14.6 Å². The summed E-state index contributed by atoms with van der Waals surface area (Å²) in [5.74, 6) is -0.0868. The van der Waals surface area contributed by atoms with Crippen LogP contribution in [-0.4, -0.2) is 36.2 Å². The lowest BCUT2D eigenvalue weighted by Crippen LogP contribution is -2.33. The molecule has 0 aliphatic carbocycles. The number of rotatable bonds is 6. The fourth-order valence-corrected chi connectivity index (χ4v) is 1.88. The Balaban J connectivity index is 3.00. The summed E-state index contributed by atoms with van der Waals surface area (Å²) in [6.45, 7) is 5.34. The summed E-state index contributed by atoms with van der Waals surface area (Å²) in [6.07, 6.45) is 0. The summed E-state index contributed by atoms with van der Waals surface area (Å²) in [7, 11) is 1.59. The van der Waals surface area contributed by atoms with E-state index in [1.807, 2.05) is 18.7 Å². The van der Waals surface area contributed by atoms with Gasteiger partial charge in [-0.05, 0) is 30.8 Å². The van der Waals surface area contributed by atoms with E-state index in [2.05, 4.69) is 0 Å². The van der Waals surface area contributed by atoms with Gasteiger partial charge in [0.15, 0.2) is 0 Å². The van der Waals surface area contributed by atoms with Crippen molar-refractivity contribution in [3.8, 4) is 5.75 Å². The van der Waals surface area contributed by atoms with E-state index < -0.39 is 12.0 Å². The number of ether oxygens (including phenoxy) is 1. The topological polar surface area (TPSA) is 49.8 Å². The summed E-state index contributed by atoms with van der Waals surface area (Å²) >= 11 is 0. The highest BCUT2D eigenvalue weighted by Crippen LogP contribution is 2.23. The van der Waals surface area contributed by atoms with Crippen molar-refractivity contribution in [1.82, 2.24) is 4.90 Å². The first kappa shape index (κ1) is 13.5. The number of nitrogens with zero attached hydrogens (tertiary/aromatic N) is 1. The zero-order valence-electron chi connectivity index (χ0n) is 10.5. The van der Waals surface area contributed by atoms with Gasteiger partial charge in [0.25, 0.3) is 0 Å². The van der Waals surface area contributed by atoms with E-state index in [0.29, 0.717) is 13.1 Å². The smallest absolute Gasteiger partial charge is 0.325 e. The number of benzene rings is 1. The second-order valence-corrected chi connectivity index (χ2v) is 3.74. The van der Waals surface area contributed by atoms with Crippen LogP contribution in [0.4, 0.5) is 0 Å². The summed E-state index contributed by atoms with van der Waals surface area (Å²) in [6, 6.07) is 6.59. The van der Waals surface area contributed by atoms with Crippen LogP contribution in [0.15, 0.2) is 24.3 Å². The molecule has 0 aromatic heterocycles. The van der Waals surface area contributed by atoms with Gasteiger partial charge in [-0.1, -0.05) is 26.0 Å². The number of carbonyl (C=O) groups is 1. The molecular formula is C13H19NO3. The number of carboxylic acids is 1. The van der Waals surface area contributed by atoms with Gasteiger partial charge in [-0.25, -0.2) is 0 Å². The third-order valence-electron chi connectivity index (χ3n) is 2.84. The highest BCUT2D eigenvalue weighted by molar-refractivity contribution is 5.75. The van der Waals surface area contributed by atoms with Crippen molar-refractivity contribution in [2.24, 2.45) is 0 Å². The molecule has 0 spiro atoms. The minimum Gasteiger partial charge on any atom is -0.497 e. The van der Waals surface area contributed by atoms with Gasteiger partial charge in [0.2, 0.25) is 0 Å². The second kappa shape index (κ2) is 6.25. The van der Waals surface area contributed by atoms with E-state index in [-0.39, 0.29) is 0 Å². The highest BCUT2D eigenvalue weighted by atomic mass is 16.5. The molecular weight excluding hydrogens is 218 g/mol. The van der Waals surface area contributed by atoms with Gasteiger partial charge in [-0.2, -0.15) is 0 Å². The molecule has 0 bridgehead atoms. The predicted molar refractivity (Wildman–Crippen MR) is 66.3 cm³/mol. The molecule has 0 aliphatic rings. The molecule has 94 valence electrons. The number of carboxylic acid groups (broad SMARTS) is 1. The SMILES string of the molecule is CCN(CC)C(C(=O)O)c1ccc(OC)cc1. The van der Waals surface area contributed by atoms with E-state index in [4.69, 9.17) is 4.74 Å². The standard InChI is InChI=1S/C13H19NO3/c1-4-14(5-2)12(13(15)16)10-6-8-11(17-3)9-7-10/h6-9,12H,4-5H2,1-3H3,(H,15,16). The van der Waals surface area contributed by atoms with Crippen LogP contribution in [0, 0.1) is 0 Å². The fourth-order valence-electron chi connectivity index (χ4n) is 1.88. The van der Waals surface area contributed by atoms with Gasteiger partial charge in [-0.3, -0.25) is 9.69 Å². The number of hydrogen-bond acceptors (Lipinski definition) is 3. The van der Waals surface area contributed by atoms with Crippen molar-refractivity contribution in [1.29, 1.82) is 0 Å². The molecule has 4 nitrogen and oxygen atoms in total. The fraction of sp³-hybridized carbons (Fsp3) is 0.462. The average Bonchev–Trinajstić information content (AvgIpc) is 2.35. The van der Waals surface area contributed by atoms with Gasteiger partial charge < -0.3 is 9.84 Å². The molecule has 0 amide bonds. The molecule has 1 N–H and O–H groups in total. The Bertz CT molecular complexity index is 357. The molecule has 0 heterocycles. The van der Waals surface area contributed by atoms with Crippen LogP contribution in [-0.2, 0) is 4.79 Å². The van der Waals surface area contributed by atoms with Crippen LogP contribution in [0.5, 0.6) is 5.75 Å². The summed E-state index contributed by atoms with van der Waals surface area (Å²) in [5, 5.41) is 9.31. The lowest BCUT2D eigenvalue weighted by Gasteiger charge is -2.26. The maximum atomic E-state index is 11.3. The largest absolute Gasteiger partial charge is 0.497 e. The highest BCUT2D eigenvalue weighted by Gasteiger charge is 2.25. The molecule has 0 aliphatic heterocycles.